The van der Waals surface area contributed by atoms with E-state index in [0.29, 0.717) is 0 Å². The Labute approximate surface area is 106 Å². The third-order valence-electron chi connectivity index (χ3n) is 4.19. The van der Waals surface area contributed by atoms with Crippen molar-refractivity contribution in [2.75, 3.05) is 18.0 Å². The second-order valence-electron chi connectivity index (χ2n) is 5.78. The average molecular weight is 243 g/mol. The fourth-order valence-electron chi connectivity index (χ4n) is 3.00. The van der Waals surface area contributed by atoms with Gasteiger partial charge in [-0.25, -0.2) is 4.98 Å². The van der Waals surface area contributed by atoms with Crippen molar-refractivity contribution in [2.24, 2.45) is 11.7 Å². The minimum atomic E-state index is 0.0383. The Morgan fingerprint density at radius 2 is 2.11 bits per heavy atom. The number of fused-ring (bicyclic) bond motifs is 1. The molecule has 94 valence electrons. The molecule has 18 heavy (non-hydrogen) atoms. The van der Waals surface area contributed by atoms with Gasteiger partial charge in [0.1, 0.15) is 12.1 Å². The van der Waals surface area contributed by atoms with Gasteiger partial charge in [0.15, 0.2) is 5.65 Å². The maximum atomic E-state index is 6.41. The number of pyridine rings is 1. The quantitative estimate of drug-likeness (QED) is 0.853. The molecule has 4 rings (SSSR count). The van der Waals surface area contributed by atoms with Gasteiger partial charge in [-0.2, -0.15) is 9.61 Å². The van der Waals surface area contributed by atoms with Crippen molar-refractivity contribution in [1.29, 1.82) is 0 Å². The SMILES string of the molecule is Cc1cc(N2CC(N)(C3CC3)C2)n2ncnc2c1. The Hall–Kier alpha value is -1.62. The molecule has 0 radical (unpaired) electrons. The van der Waals surface area contributed by atoms with Gasteiger partial charge in [-0.1, -0.05) is 0 Å². The van der Waals surface area contributed by atoms with Crippen LogP contribution in [0.5, 0.6) is 0 Å². The van der Waals surface area contributed by atoms with E-state index in [9.17, 15) is 0 Å². The number of nitrogens with zero attached hydrogens (tertiary/aromatic N) is 4. The van der Waals surface area contributed by atoms with Crippen LogP contribution in [0.25, 0.3) is 5.65 Å². The van der Waals surface area contributed by atoms with E-state index >= 15 is 0 Å². The molecule has 2 aromatic rings. The molecule has 0 atom stereocenters. The fraction of sp³-hybridized carbons (Fsp3) is 0.538. The van der Waals surface area contributed by atoms with E-state index in [4.69, 9.17) is 5.73 Å². The lowest BCUT2D eigenvalue weighted by molar-refractivity contribution is 0.288. The second-order valence-corrected chi connectivity index (χ2v) is 5.78. The number of aromatic nitrogens is 3. The highest BCUT2D eigenvalue weighted by atomic mass is 15.4. The zero-order chi connectivity index (χ0) is 12.3. The highest BCUT2D eigenvalue weighted by Crippen LogP contribution is 2.44. The van der Waals surface area contributed by atoms with Crippen LogP contribution in [0.15, 0.2) is 18.5 Å². The number of rotatable bonds is 2. The summed E-state index contributed by atoms with van der Waals surface area (Å²) in [6.07, 6.45) is 4.21. The van der Waals surface area contributed by atoms with Gasteiger partial charge < -0.3 is 10.6 Å². The van der Waals surface area contributed by atoms with E-state index in [1.807, 2.05) is 10.6 Å². The minimum absolute atomic E-state index is 0.0383. The number of hydrogen-bond acceptors (Lipinski definition) is 4. The molecule has 0 bridgehead atoms. The van der Waals surface area contributed by atoms with Crippen molar-refractivity contribution in [3.05, 3.63) is 24.0 Å². The summed E-state index contributed by atoms with van der Waals surface area (Å²) in [5, 5.41) is 4.29. The summed E-state index contributed by atoms with van der Waals surface area (Å²) in [6, 6.07) is 4.21. The average Bonchev–Trinajstić information content (AvgIpc) is 3.04. The van der Waals surface area contributed by atoms with Crippen molar-refractivity contribution >= 4 is 11.5 Å². The van der Waals surface area contributed by atoms with E-state index in [-0.39, 0.29) is 5.54 Å². The topological polar surface area (TPSA) is 59.5 Å². The van der Waals surface area contributed by atoms with Crippen LogP contribution in [-0.4, -0.2) is 33.2 Å². The van der Waals surface area contributed by atoms with Crippen molar-refractivity contribution in [3.63, 3.8) is 0 Å². The first-order valence-electron chi connectivity index (χ1n) is 6.50. The van der Waals surface area contributed by atoms with Gasteiger partial charge in [0.2, 0.25) is 0 Å². The molecule has 2 aliphatic rings. The monoisotopic (exact) mass is 243 g/mol. The molecule has 5 nitrogen and oxygen atoms in total. The third-order valence-corrected chi connectivity index (χ3v) is 4.19. The van der Waals surface area contributed by atoms with Crippen LogP contribution in [0.4, 0.5) is 5.82 Å². The summed E-state index contributed by atoms with van der Waals surface area (Å²) < 4.78 is 1.90. The fourth-order valence-corrected chi connectivity index (χ4v) is 3.00. The summed E-state index contributed by atoms with van der Waals surface area (Å²) in [4.78, 5) is 6.57. The van der Waals surface area contributed by atoms with Gasteiger partial charge in [0.25, 0.3) is 0 Å². The molecule has 3 heterocycles. The molecular formula is C13H17N5. The Morgan fingerprint density at radius 1 is 1.33 bits per heavy atom. The van der Waals surface area contributed by atoms with Crippen LogP contribution in [0.2, 0.25) is 0 Å². The summed E-state index contributed by atoms with van der Waals surface area (Å²) in [7, 11) is 0. The summed E-state index contributed by atoms with van der Waals surface area (Å²) in [5.74, 6) is 1.86. The Bertz CT molecular complexity index is 607. The largest absolute Gasteiger partial charge is 0.353 e. The van der Waals surface area contributed by atoms with Gasteiger partial charge in [0.05, 0.1) is 5.54 Å². The van der Waals surface area contributed by atoms with E-state index in [1.54, 1.807) is 6.33 Å². The van der Waals surface area contributed by atoms with Crippen molar-refractivity contribution < 1.29 is 0 Å². The predicted octanol–water partition coefficient (Wildman–Crippen LogP) is 0.965. The van der Waals surface area contributed by atoms with Crippen LogP contribution in [0.3, 0.4) is 0 Å². The van der Waals surface area contributed by atoms with E-state index in [1.165, 1.54) is 18.4 Å². The molecule has 1 saturated carbocycles. The first-order chi connectivity index (χ1) is 8.66. The first kappa shape index (κ1) is 10.3. The Kier molecular flexibility index (Phi) is 1.85. The molecule has 0 amide bonds. The summed E-state index contributed by atoms with van der Waals surface area (Å²) in [6.45, 7) is 3.97. The second kappa shape index (κ2) is 3.23. The van der Waals surface area contributed by atoms with Gasteiger partial charge in [-0.3, -0.25) is 0 Å². The normalized spacial score (nSPS) is 22.2. The third kappa shape index (κ3) is 1.37. The Morgan fingerprint density at radius 3 is 2.83 bits per heavy atom. The van der Waals surface area contributed by atoms with Crippen molar-refractivity contribution in [3.8, 4) is 0 Å². The van der Waals surface area contributed by atoms with Gasteiger partial charge >= 0.3 is 0 Å². The molecule has 0 aromatic carbocycles. The highest BCUT2D eigenvalue weighted by Gasteiger charge is 2.50. The summed E-state index contributed by atoms with van der Waals surface area (Å²) in [5.41, 5.74) is 8.57. The highest BCUT2D eigenvalue weighted by molar-refractivity contribution is 5.55. The maximum absolute atomic E-state index is 6.41. The molecule has 1 aliphatic carbocycles. The van der Waals surface area contributed by atoms with E-state index in [2.05, 4.69) is 28.0 Å². The molecule has 2 fully saturated rings. The van der Waals surface area contributed by atoms with Crippen LogP contribution in [0, 0.1) is 12.8 Å². The maximum Gasteiger partial charge on any atom is 0.157 e. The molecule has 1 aliphatic heterocycles. The standard InChI is InChI=1S/C13H17N5/c1-9-4-11-15-8-16-18(11)12(5-9)17-6-13(14,7-17)10-2-3-10/h4-5,8,10H,2-3,6-7,14H2,1H3. The van der Waals surface area contributed by atoms with E-state index < -0.39 is 0 Å². The zero-order valence-corrected chi connectivity index (χ0v) is 10.5. The molecule has 0 spiro atoms. The lowest BCUT2D eigenvalue weighted by atomic mass is 9.86. The van der Waals surface area contributed by atoms with Crippen LogP contribution >= 0.6 is 0 Å². The summed E-state index contributed by atoms with van der Waals surface area (Å²) >= 11 is 0. The van der Waals surface area contributed by atoms with Crippen LogP contribution in [-0.2, 0) is 0 Å². The number of aryl methyl sites for hydroxylation is 1. The lowest BCUT2D eigenvalue weighted by Gasteiger charge is -2.49. The van der Waals surface area contributed by atoms with E-state index in [0.717, 1.165) is 30.5 Å². The first-order valence-corrected chi connectivity index (χ1v) is 6.50. The molecule has 0 unspecified atom stereocenters. The van der Waals surface area contributed by atoms with Crippen LogP contribution < -0.4 is 10.6 Å². The lowest BCUT2D eigenvalue weighted by Crippen LogP contribution is -2.69. The molecular weight excluding hydrogens is 226 g/mol. The molecule has 1 saturated heterocycles. The van der Waals surface area contributed by atoms with Gasteiger partial charge in [-0.15, -0.1) is 0 Å². The predicted molar refractivity (Wildman–Crippen MR) is 69.6 cm³/mol. The van der Waals surface area contributed by atoms with Gasteiger partial charge in [0, 0.05) is 13.1 Å². The number of nitrogens with two attached hydrogens (primary N) is 1. The number of hydrogen-bond donors (Lipinski definition) is 1. The van der Waals surface area contributed by atoms with Gasteiger partial charge in [-0.05, 0) is 43.4 Å². The van der Waals surface area contributed by atoms with Crippen molar-refractivity contribution in [2.45, 2.75) is 25.3 Å². The minimum Gasteiger partial charge on any atom is -0.353 e. The Balaban J connectivity index is 1.69. The molecule has 5 heteroatoms. The molecule has 2 aromatic heterocycles. The smallest absolute Gasteiger partial charge is 0.157 e. The van der Waals surface area contributed by atoms with Crippen molar-refractivity contribution in [1.82, 2.24) is 14.6 Å². The van der Waals surface area contributed by atoms with Crippen LogP contribution in [0.1, 0.15) is 18.4 Å². The molecule has 2 N–H and O–H groups in total. The zero-order valence-electron chi connectivity index (χ0n) is 10.5. The number of anilines is 1.